The Morgan fingerprint density at radius 3 is 2.44 bits per heavy atom. The number of nitrogens with zero attached hydrogens (tertiary/aromatic N) is 1. The molecule has 0 radical (unpaired) electrons. The molecule has 0 aromatic heterocycles. The summed E-state index contributed by atoms with van der Waals surface area (Å²) in [4.78, 5) is 15.4. The molecule has 3 nitrogen and oxygen atoms in total. The first kappa shape index (κ1) is 17.6. The van der Waals surface area contributed by atoms with Crippen molar-refractivity contribution >= 4 is 17.3 Å². The van der Waals surface area contributed by atoms with Gasteiger partial charge in [0.1, 0.15) is 5.70 Å². The number of benzene rings is 2. The quantitative estimate of drug-likeness (QED) is 0.755. The maximum atomic E-state index is 13.5. The molecule has 1 N–H and O–H groups in total. The highest BCUT2D eigenvalue weighted by atomic mass is 16.2. The number of carbonyl (C=O) groups excluding carboxylic acids is 1. The van der Waals surface area contributed by atoms with Crippen LogP contribution >= 0.6 is 0 Å². The van der Waals surface area contributed by atoms with E-state index in [1.807, 2.05) is 29.2 Å². The molecule has 0 bridgehead atoms. The summed E-state index contributed by atoms with van der Waals surface area (Å²) < 4.78 is 0. The lowest BCUT2D eigenvalue weighted by molar-refractivity contribution is -0.114. The molecule has 0 saturated heterocycles. The third-order valence-corrected chi connectivity index (χ3v) is 5.51. The van der Waals surface area contributed by atoms with Crippen molar-refractivity contribution in [1.82, 2.24) is 0 Å². The molecule has 3 heteroatoms. The first-order valence-electron chi connectivity index (χ1n) is 9.95. The van der Waals surface area contributed by atoms with Gasteiger partial charge < -0.3 is 5.32 Å². The summed E-state index contributed by atoms with van der Waals surface area (Å²) in [7, 11) is 0. The molecule has 27 heavy (non-hydrogen) atoms. The van der Waals surface area contributed by atoms with Crippen LogP contribution in [-0.4, -0.2) is 5.91 Å². The van der Waals surface area contributed by atoms with Gasteiger partial charge in [-0.05, 0) is 55.4 Å². The number of fused-ring (bicyclic) bond motifs is 1. The predicted octanol–water partition coefficient (Wildman–Crippen LogP) is 5.59. The van der Waals surface area contributed by atoms with E-state index in [1.54, 1.807) is 0 Å². The Bertz CT molecular complexity index is 939. The summed E-state index contributed by atoms with van der Waals surface area (Å²) in [5.41, 5.74) is 7.45. The van der Waals surface area contributed by atoms with E-state index >= 15 is 0 Å². The number of anilines is 2. The Morgan fingerprint density at radius 2 is 1.67 bits per heavy atom. The number of rotatable bonds is 5. The second kappa shape index (κ2) is 7.43. The van der Waals surface area contributed by atoms with Gasteiger partial charge in [0.15, 0.2) is 0 Å². The third-order valence-electron chi connectivity index (χ3n) is 5.51. The molecule has 138 valence electrons. The number of allylic oxidation sites excluding steroid dienone is 2. The van der Waals surface area contributed by atoms with Crippen LogP contribution in [0.15, 0.2) is 71.6 Å². The fourth-order valence-corrected chi connectivity index (χ4v) is 4.08. The van der Waals surface area contributed by atoms with Crippen LogP contribution in [0.4, 0.5) is 11.4 Å². The molecule has 4 rings (SSSR count). The van der Waals surface area contributed by atoms with Crippen LogP contribution in [0.2, 0.25) is 0 Å². The zero-order chi connectivity index (χ0) is 18.8. The molecule has 2 aromatic carbocycles. The molecule has 1 amide bonds. The van der Waals surface area contributed by atoms with Gasteiger partial charge in [-0.2, -0.15) is 0 Å². The molecule has 0 fully saturated rings. The second-order valence-corrected chi connectivity index (χ2v) is 7.09. The summed E-state index contributed by atoms with van der Waals surface area (Å²) in [5, 5.41) is 3.49. The van der Waals surface area contributed by atoms with E-state index in [-0.39, 0.29) is 5.91 Å². The van der Waals surface area contributed by atoms with Gasteiger partial charge in [-0.15, -0.1) is 0 Å². The third kappa shape index (κ3) is 3.08. The van der Waals surface area contributed by atoms with Crippen LogP contribution in [0.3, 0.4) is 0 Å². The highest BCUT2D eigenvalue weighted by molar-refractivity contribution is 6.15. The minimum atomic E-state index is 0.0601. The van der Waals surface area contributed by atoms with Gasteiger partial charge in [-0.3, -0.25) is 9.69 Å². The fraction of sp³-hybridized carbons (Fsp3) is 0.292. The number of para-hydroxylation sites is 2. The van der Waals surface area contributed by atoms with Crippen molar-refractivity contribution < 1.29 is 4.79 Å². The Hall–Kier alpha value is -2.81. The van der Waals surface area contributed by atoms with E-state index in [2.05, 4.69) is 49.5 Å². The van der Waals surface area contributed by atoms with Crippen molar-refractivity contribution in [1.29, 1.82) is 0 Å². The van der Waals surface area contributed by atoms with E-state index in [1.165, 1.54) is 11.1 Å². The van der Waals surface area contributed by atoms with Crippen LogP contribution in [-0.2, 0) is 17.6 Å². The van der Waals surface area contributed by atoms with Crippen molar-refractivity contribution in [2.24, 2.45) is 0 Å². The van der Waals surface area contributed by atoms with Gasteiger partial charge >= 0.3 is 0 Å². The molecule has 2 aromatic rings. The summed E-state index contributed by atoms with van der Waals surface area (Å²) >= 11 is 0. The number of nitrogens with one attached hydrogen (secondary N) is 1. The molecular formula is C24H26N2O. The number of carbonyl (C=O) groups is 1. The van der Waals surface area contributed by atoms with Crippen molar-refractivity contribution in [3.05, 3.63) is 82.7 Å². The van der Waals surface area contributed by atoms with Crippen LogP contribution in [0.5, 0.6) is 0 Å². The first-order valence-corrected chi connectivity index (χ1v) is 9.95. The van der Waals surface area contributed by atoms with Crippen molar-refractivity contribution in [3.8, 4) is 0 Å². The molecule has 1 aliphatic heterocycles. The second-order valence-electron chi connectivity index (χ2n) is 7.09. The molecule has 1 heterocycles. The van der Waals surface area contributed by atoms with E-state index in [0.29, 0.717) is 0 Å². The van der Waals surface area contributed by atoms with Crippen molar-refractivity contribution in [3.63, 3.8) is 0 Å². The van der Waals surface area contributed by atoms with Gasteiger partial charge in [-0.1, -0.05) is 56.3 Å². The zero-order valence-corrected chi connectivity index (χ0v) is 16.1. The van der Waals surface area contributed by atoms with Crippen molar-refractivity contribution in [2.45, 2.75) is 46.0 Å². The molecule has 1 aliphatic carbocycles. The zero-order valence-electron chi connectivity index (χ0n) is 16.1. The number of hydrogen-bond acceptors (Lipinski definition) is 2. The molecular weight excluding hydrogens is 332 g/mol. The van der Waals surface area contributed by atoms with E-state index < -0.39 is 0 Å². The van der Waals surface area contributed by atoms with Crippen LogP contribution in [0.25, 0.3) is 0 Å². The Labute approximate surface area is 161 Å². The SMILES string of the molecule is CCc1ccccc1NC1=C2CCCC=C2N(c2ccccc2CC)C1=O. The monoisotopic (exact) mass is 358 g/mol. The lowest BCUT2D eigenvalue weighted by Crippen LogP contribution is -2.28. The van der Waals surface area contributed by atoms with Gasteiger partial charge in [0, 0.05) is 11.3 Å². The number of amides is 1. The molecule has 0 saturated carbocycles. The Morgan fingerprint density at radius 1 is 0.963 bits per heavy atom. The predicted molar refractivity (Wildman–Crippen MR) is 112 cm³/mol. The van der Waals surface area contributed by atoms with E-state index in [4.69, 9.17) is 0 Å². The van der Waals surface area contributed by atoms with E-state index in [0.717, 1.165) is 60.4 Å². The number of aryl methyl sites for hydroxylation is 2. The minimum absolute atomic E-state index is 0.0601. The molecule has 0 spiro atoms. The molecule has 0 unspecified atom stereocenters. The minimum Gasteiger partial charge on any atom is -0.350 e. The van der Waals surface area contributed by atoms with Gasteiger partial charge in [0.2, 0.25) is 0 Å². The maximum Gasteiger partial charge on any atom is 0.279 e. The average molecular weight is 358 g/mol. The topological polar surface area (TPSA) is 32.3 Å². The van der Waals surface area contributed by atoms with Crippen LogP contribution < -0.4 is 10.2 Å². The van der Waals surface area contributed by atoms with Crippen LogP contribution in [0, 0.1) is 0 Å². The lowest BCUT2D eigenvalue weighted by Gasteiger charge is -2.24. The Kier molecular flexibility index (Phi) is 4.85. The van der Waals surface area contributed by atoms with Crippen LogP contribution in [0.1, 0.15) is 44.2 Å². The standard InChI is InChI=1S/C24H26N2O/c1-3-17-11-5-8-14-20(17)25-23-19-13-7-10-16-22(19)26(24(23)27)21-15-9-6-12-18(21)4-2/h5-6,8-9,11-12,14-16,25H,3-4,7,10,13H2,1-2H3. The smallest absolute Gasteiger partial charge is 0.279 e. The largest absolute Gasteiger partial charge is 0.350 e. The summed E-state index contributed by atoms with van der Waals surface area (Å²) in [6.07, 6.45) is 7.13. The number of hydrogen-bond donors (Lipinski definition) is 1. The molecule has 2 aliphatic rings. The summed E-state index contributed by atoms with van der Waals surface area (Å²) in [6, 6.07) is 16.5. The maximum absolute atomic E-state index is 13.5. The van der Waals surface area contributed by atoms with Gasteiger partial charge in [-0.25, -0.2) is 0 Å². The van der Waals surface area contributed by atoms with Crippen molar-refractivity contribution in [2.75, 3.05) is 10.2 Å². The molecule has 0 atom stereocenters. The average Bonchev–Trinajstić information content (AvgIpc) is 3.00. The van der Waals surface area contributed by atoms with Gasteiger partial charge in [0.05, 0.1) is 11.4 Å². The van der Waals surface area contributed by atoms with E-state index in [9.17, 15) is 4.79 Å². The normalized spacial score (nSPS) is 16.4. The lowest BCUT2D eigenvalue weighted by atomic mass is 9.98. The summed E-state index contributed by atoms with van der Waals surface area (Å²) in [6.45, 7) is 4.28. The first-order chi connectivity index (χ1) is 13.2. The highest BCUT2D eigenvalue weighted by Gasteiger charge is 2.37. The fourth-order valence-electron chi connectivity index (χ4n) is 4.08. The Balaban J connectivity index is 1.77. The highest BCUT2D eigenvalue weighted by Crippen LogP contribution is 2.41. The summed E-state index contributed by atoms with van der Waals surface area (Å²) in [5.74, 6) is 0.0601. The van der Waals surface area contributed by atoms with Gasteiger partial charge in [0.25, 0.3) is 5.91 Å².